The molecule has 2 rings (SSSR count). The second kappa shape index (κ2) is 13.3. The van der Waals surface area contributed by atoms with E-state index in [-0.39, 0.29) is 0 Å². The Balaban J connectivity index is 3.00. The zero-order valence-electron chi connectivity index (χ0n) is 21.7. The zero-order valence-corrected chi connectivity index (χ0v) is 28.1. The van der Waals surface area contributed by atoms with Crippen molar-refractivity contribution in [3.05, 3.63) is 40.1 Å². The number of benzene rings is 2. The number of carboxylic acids is 2. The quantitative estimate of drug-likeness (QED) is 0.177. The van der Waals surface area contributed by atoms with Gasteiger partial charge in [0.15, 0.2) is 0 Å². The van der Waals surface area contributed by atoms with E-state index in [0.717, 1.165) is 10.6 Å². The van der Waals surface area contributed by atoms with Crippen LogP contribution in [0.15, 0.2) is 17.9 Å². The van der Waals surface area contributed by atoms with Crippen LogP contribution in [0, 0.1) is 0 Å². The number of carbonyl (C=O) groups is 4. The molecular weight excluding hydrogens is 974 g/mol. The second-order valence-corrected chi connectivity index (χ2v) is 12.2. The highest BCUT2D eigenvalue weighted by atomic mass is 79.9. The van der Waals surface area contributed by atoms with Crippen molar-refractivity contribution in [3.8, 4) is 0 Å². The average Bonchev–Trinajstić information content (AvgIpc) is 2.90. The lowest BCUT2D eigenvalue weighted by molar-refractivity contribution is -0.352. The van der Waals surface area contributed by atoms with Gasteiger partial charge in [0.25, 0.3) is 11.8 Å². The van der Waals surface area contributed by atoms with E-state index >= 15 is 0 Å². The minimum Gasteiger partial charge on any atom is -0.478 e. The molecule has 48 heavy (non-hydrogen) atoms. The topological polar surface area (TPSA) is 133 Å². The first kappa shape index (κ1) is 41.7. The van der Waals surface area contributed by atoms with Gasteiger partial charge in [-0.25, -0.2) is 9.59 Å². The summed E-state index contributed by atoms with van der Waals surface area (Å²) in [5.41, 5.74) is -5.37. The molecule has 0 aliphatic rings. The van der Waals surface area contributed by atoms with Crippen LogP contribution in [0.4, 0.5) is 61.5 Å². The third kappa shape index (κ3) is 7.07. The number of carboxylic acid groups (broad SMARTS) is 2. The molecule has 0 fully saturated rings. The Labute approximate surface area is 288 Å². The van der Waals surface area contributed by atoms with Gasteiger partial charge in [-0.1, -0.05) is 0 Å². The fourth-order valence-corrected chi connectivity index (χ4v) is 5.94. The number of rotatable bonds is 10. The Hall–Kier alpha value is -2.48. The maximum absolute atomic E-state index is 13.9. The van der Waals surface area contributed by atoms with E-state index in [1.54, 1.807) is 0 Å². The van der Waals surface area contributed by atoms with E-state index in [9.17, 15) is 90.9 Å². The van der Waals surface area contributed by atoms with E-state index in [0.29, 0.717) is 0 Å². The van der Waals surface area contributed by atoms with Crippen LogP contribution >= 0.6 is 63.7 Å². The van der Waals surface area contributed by atoms with Crippen molar-refractivity contribution in [3.63, 3.8) is 0 Å². The van der Waals surface area contributed by atoms with Crippen LogP contribution in [0.5, 0.6) is 0 Å². The minimum absolute atomic E-state index is 0.834. The summed E-state index contributed by atoms with van der Waals surface area (Å²) in [6.45, 7) is -5.64. The predicted octanol–water partition coefficient (Wildman–Crippen LogP) is 8.41. The fourth-order valence-electron chi connectivity index (χ4n) is 3.65. The molecule has 0 aliphatic heterocycles. The molecule has 0 aromatic heterocycles. The molecule has 268 valence electrons. The van der Waals surface area contributed by atoms with E-state index in [4.69, 9.17) is 0 Å². The number of amides is 2. The van der Waals surface area contributed by atoms with Crippen LogP contribution in [-0.4, -0.2) is 83.1 Å². The lowest BCUT2D eigenvalue weighted by atomic mass is 9.90. The van der Waals surface area contributed by atoms with Crippen molar-refractivity contribution in [1.29, 1.82) is 0 Å². The normalized spacial score (nSPS) is 13.5. The SMILES string of the molecule is O=C(O)c1c(Br)c(Br)c(C(=O)O)c2c(C(=O)NCC(F)(F)C(F)(F)C(F)(F)F)c(Br)c(Br)c(C(=O)NCC(F)(F)C(F)(F)C(F)(F)F)c12. The molecule has 26 heteroatoms. The molecule has 0 spiro atoms. The van der Waals surface area contributed by atoms with Gasteiger partial charge in [-0.05, 0) is 63.7 Å². The molecule has 2 aromatic rings. The van der Waals surface area contributed by atoms with E-state index in [2.05, 4.69) is 63.7 Å². The van der Waals surface area contributed by atoms with Gasteiger partial charge < -0.3 is 20.8 Å². The molecule has 2 aromatic carbocycles. The van der Waals surface area contributed by atoms with E-state index < -0.39 is 124 Å². The number of alkyl halides is 14. The van der Waals surface area contributed by atoms with Crippen molar-refractivity contribution in [1.82, 2.24) is 10.6 Å². The molecule has 0 saturated heterocycles. The third-order valence-corrected chi connectivity index (χ3v) is 10.2. The number of fused-ring (bicyclic) bond motifs is 1. The number of carbonyl (C=O) groups excluding carboxylic acids is 2. The average molecular weight is 982 g/mol. The summed E-state index contributed by atoms with van der Waals surface area (Å²) in [4.78, 5) is 50.6. The first-order valence-corrected chi connectivity index (χ1v) is 14.5. The highest BCUT2D eigenvalue weighted by Gasteiger charge is 2.73. The molecular formula is C22H8Br4F14N2O6. The monoisotopic (exact) mass is 978 g/mol. The first-order chi connectivity index (χ1) is 21.3. The summed E-state index contributed by atoms with van der Waals surface area (Å²) >= 11 is 10.4. The first-order valence-electron chi connectivity index (χ1n) is 11.3. The summed E-state index contributed by atoms with van der Waals surface area (Å²) in [5, 5.41) is 18.9. The Morgan fingerprint density at radius 1 is 0.479 bits per heavy atom. The van der Waals surface area contributed by atoms with Crippen LogP contribution in [0.25, 0.3) is 10.8 Å². The molecule has 0 atom stereocenters. The summed E-state index contributed by atoms with van der Waals surface area (Å²) in [6.07, 6.45) is -13.7. The minimum atomic E-state index is -6.86. The molecule has 0 aliphatic carbocycles. The summed E-state index contributed by atoms with van der Waals surface area (Å²) < 4.78 is 181. The second-order valence-electron chi connectivity index (χ2n) is 9.03. The molecule has 0 heterocycles. The standard InChI is InChI=1S/C22H8Br4F14N2O6/c23-9-5(13(43)41-1-17(27,28)19(31,32)21(35,36)37)3-4(8(16(47)48)12(26)11(25)7(3)15(45)46)6(10(9)24)14(44)42-2-18(29,30)20(33,34)22(38,39)40/h1-2H2,(H,41,43)(H,42,44)(H,45,46)(H,47,48). The number of hydrogen-bond acceptors (Lipinski definition) is 4. The smallest absolute Gasteiger partial charge is 0.459 e. The van der Waals surface area contributed by atoms with Crippen LogP contribution in [-0.2, 0) is 0 Å². The van der Waals surface area contributed by atoms with Gasteiger partial charge >= 0.3 is 48.0 Å². The van der Waals surface area contributed by atoms with Crippen molar-refractivity contribution in [2.45, 2.75) is 36.0 Å². The summed E-state index contributed by atoms with van der Waals surface area (Å²) in [7, 11) is 0. The van der Waals surface area contributed by atoms with Gasteiger partial charge in [0, 0.05) is 28.7 Å². The zero-order chi connectivity index (χ0) is 37.9. The van der Waals surface area contributed by atoms with Gasteiger partial charge in [0.1, 0.15) is 0 Å². The van der Waals surface area contributed by atoms with E-state index in [1.165, 1.54) is 0 Å². The third-order valence-electron chi connectivity index (χ3n) is 5.97. The largest absolute Gasteiger partial charge is 0.478 e. The number of halogens is 18. The van der Waals surface area contributed by atoms with Crippen LogP contribution < -0.4 is 10.6 Å². The number of aromatic carboxylic acids is 2. The van der Waals surface area contributed by atoms with Crippen molar-refractivity contribution < 1.29 is 90.9 Å². The van der Waals surface area contributed by atoms with E-state index in [1.807, 2.05) is 0 Å². The van der Waals surface area contributed by atoms with Crippen LogP contribution in [0.2, 0.25) is 0 Å². The van der Waals surface area contributed by atoms with Gasteiger partial charge in [-0.15, -0.1) is 0 Å². The molecule has 0 bridgehead atoms. The van der Waals surface area contributed by atoms with Crippen molar-refractivity contribution >= 4 is 98.2 Å². The predicted molar refractivity (Wildman–Crippen MR) is 145 cm³/mol. The highest BCUT2D eigenvalue weighted by molar-refractivity contribution is 9.13. The Bertz CT molecular complexity index is 1590. The number of hydrogen-bond donors (Lipinski definition) is 4. The van der Waals surface area contributed by atoms with Gasteiger partial charge in [0.05, 0.1) is 35.3 Å². The summed E-state index contributed by atoms with van der Waals surface area (Å²) in [6, 6.07) is 0. The molecule has 4 N–H and O–H groups in total. The molecule has 0 radical (unpaired) electrons. The Kier molecular flexibility index (Phi) is 11.6. The lowest BCUT2D eigenvalue weighted by Crippen LogP contribution is -2.57. The van der Waals surface area contributed by atoms with Crippen LogP contribution in [0.1, 0.15) is 41.4 Å². The van der Waals surface area contributed by atoms with Crippen molar-refractivity contribution in [2.24, 2.45) is 0 Å². The summed E-state index contributed by atoms with van der Waals surface area (Å²) in [5.74, 6) is -34.4. The molecule has 0 unspecified atom stereocenters. The van der Waals surface area contributed by atoms with Gasteiger partial charge in [0.2, 0.25) is 0 Å². The van der Waals surface area contributed by atoms with Crippen LogP contribution in [0.3, 0.4) is 0 Å². The molecule has 0 saturated carbocycles. The Morgan fingerprint density at radius 2 is 0.708 bits per heavy atom. The maximum atomic E-state index is 13.9. The molecule has 8 nitrogen and oxygen atoms in total. The van der Waals surface area contributed by atoms with Gasteiger partial charge in [-0.3, -0.25) is 9.59 Å². The fraction of sp³-hybridized carbons (Fsp3) is 0.364. The maximum Gasteiger partial charge on any atom is 0.459 e. The van der Waals surface area contributed by atoms with Crippen molar-refractivity contribution in [2.75, 3.05) is 13.1 Å². The highest BCUT2D eigenvalue weighted by Crippen LogP contribution is 2.49. The molecule has 2 amide bonds. The Morgan fingerprint density at radius 3 is 0.917 bits per heavy atom. The van der Waals surface area contributed by atoms with Gasteiger partial charge in [-0.2, -0.15) is 61.5 Å². The lowest BCUT2D eigenvalue weighted by Gasteiger charge is -2.29. The number of nitrogens with one attached hydrogen (secondary N) is 2.